The van der Waals surface area contributed by atoms with Gasteiger partial charge in [-0.25, -0.2) is 0 Å². The van der Waals surface area contributed by atoms with Gasteiger partial charge >= 0.3 is 0 Å². The first-order chi connectivity index (χ1) is 11.6. The molecule has 24 heavy (non-hydrogen) atoms. The Morgan fingerprint density at radius 2 is 1.83 bits per heavy atom. The second-order valence-electron chi connectivity index (χ2n) is 6.57. The Labute approximate surface area is 144 Å². The molecule has 2 aromatic carbocycles. The van der Waals surface area contributed by atoms with Crippen LogP contribution in [0.2, 0.25) is 0 Å². The van der Waals surface area contributed by atoms with E-state index in [1.54, 1.807) is 0 Å². The van der Waals surface area contributed by atoms with Crippen LogP contribution in [0, 0.1) is 6.92 Å². The highest BCUT2D eigenvalue weighted by Gasteiger charge is 2.42. The van der Waals surface area contributed by atoms with Crippen molar-refractivity contribution in [3.63, 3.8) is 0 Å². The van der Waals surface area contributed by atoms with E-state index in [1.165, 1.54) is 5.56 Å². The molecule has 0 heterocycles. The monoisotopic (exact) mass is 323 g/mol. The average molecular weight is 323 g/mol. The van der Waals surface area contributed by atoms with E-state index in [4.69, 9.17) is 4.74 Å². The Morgan fingerprint density at radius 1 is 1.12 bits per heavy atom. The quantitative estimate of drug-likeness (QED) is 0.854. The molecule has 1 amide bonds. The zero-order chi connectivity index (χ0) is 17.0. The van der Waals surface area contributed by atoms with Crippen LogP contribution in [0.1, 0.15) is 43.7 Å². The predicted molar refractivity (Wildman–Crippen MR) is 97.6 cm³/mol. The minimum absolute atomic E-state index is 0.106. The molecule has 2 aromatic rings. The summed E-state index contributed by atoms with van der Waals surface area (Å²) >= 11 is 0. The Bertz CT molecular complexity index is 700. The number of rotatable bonds is 5. The fourth-order valence-electron chi connectivity index (χ4n) is 3.62. The summed E-state index contributed by atoms with van der Waals surface area (Å²) in [6, 6.07) is 16.0. The topological polar surface area (TPSA) is 38.3 Å². The highest BCUT2D eigenvalue weighted by Crippen LogP contribution is 2.42. The lowest BCUT2D eigenvalue weighted by Gasteiger charge is -2.28. The minimum atomic E-state index is -0.398. The summed E-state index contributed by atoms with van der Waals surface area (Å²) in [4.78, 5) is 13.1. The molecule has 0 bridgehead atoms. The van der Waals surface area contributed by atoms with Gasteiger partial charge in [0, 0.05) is 5.69 Å². The number of amides is 1. The number of benzene rings is 2. The van der Waals surface area contributed by atoms with Crippen LogP contribution in [-0.2, 0) is 10.2 Å². The molecule has 1 aliphatic rings. The van der Waals surface area contributed by atoms with Crippen LogP contribution in [0.15, 0.2) is 48.5 Å². The highest BCUT2D eigenvalue weighted by atomic mass is 16.5. The van der Waals surface area contributed by atoms with E-state index < -0.39 is 5.41 Å². The lowest BCUT2D eigenvalue weighted by Crippen LogP contribution is -2.38. The molecule has 1 N–H and O–H groups in total. The van der Waals surface area contributed by atoms with Crippen LogP contribution in [0.25, 0.3) is 0 Å². The summed E-state index contributed by atoms with van der Waals surface area (Å²) in [6.07, 6.45) is 4.04. The lowest BCUT2D eigenvalue weighted by atomic mass is 9.77. The van der Waals surface area contributed by atoms with Gasteiger partial charge in [-0.2, -0.15) is 0 Å². The minimum Gasteiger partial charge on any atom is -0.494 e. The summed E-state index contributed by atoms with van der Waals surface area (Å²) in [7, 11) is 0. The van der Waals surface area contributed by atoms with Crippen molar-refractivity contribution in [1.82, 2.24) is 0 Å². The van der Waals surface area contributed by atoms with Gasteiger partial charge in [0.25, 0.3) is 0 Å². The van der Waals surface area contributed by atoms with Gasteiger partial charge < -0.3 is 10.1 Å². The van der Waals surface area contributed by atoms with E-state index in [0.29, 0.717) is 6.61 Å². The number of ether oxygens (including phenoxy) is 1. The van der Waals surface area contributed by atoms with E-state index in [2.05, 4.69) is 36.5 Å². The Hall–Kier alpha value is -2.29. The van der Waals surface area contributed by atoms with Crippen molar-refractivity contribution >= 4 is 11.6 Å². The van der Waals surface area contributed by atoms with Gasteiger partial charge in [-0.15, -0.1) is 0 Å². The Kier molecular flexibility index (Phi) is 4.89. The van der Waals surface area contributed by atoms with Gasteiger partial charge in [-0.05, 0) is 56.5 Å². The fourth-order valence-corrected chi connectivity index (χ4v) is 3.62. The second-order valence-corrected chi connectivity index (χ2v) is 6.57. The third-order valence-electron chi connectivity index (χ3n) is 4.89. The number of nitrogens with one attached hydrogen (secondary N) is 1. The highest BCUT2D eigenvalue weighted by molar-refractivity contribution is 5.99. The van der Waals surface area contributed by atoms with Gasteiger partial charge in [0.15, 0.2) is 0 Å². The maximum absolute atomic E-state index is 13.1. The first kappa shape index (κ1) is 16.6. The molecule has 0 atom stereocenters. The maximum Gasteiger partial charge on any atom is 0.235 e. The number of carbonyl (C=O) groups is 1. The van der Waals surface area contributed by atoms with Crippen molar-refractivity contribution in [2.45, 2.75) is 44.9 Å². The number of anilines is 1. The SMILES string of the molecule is CCOc1ccc(NC(=O)C2(c3cccc(C)c3)CCCC2)cc1. The summed E-state index contributed by atoms with van der Waals surface area (Å²) < 4.78 is 5.46. The van der Waals surface area contributed by atoms with Crippen LogP contribution < -0.4 is 10.1 Å². The van der Waals surface area contributed by atoms with Crippen molar-refractivity contribution in [2.75, 3.05) is 11.9 Å². The third kappa shape index (κ3) is 3.30. The average Bonchev–Trinajstić information content (AvgIpc) is 3.08. The fraction of sp³-hybridized carbons (Fsp3) is 0.381. The number of carbonyl (C=O) groups excluding carboxylic acids is 1. The molecule has 126 valence electrons. The molecule has 0 aliphatic heterocycles. The molecular weight excluding hydrogens is 298 g/mol. The largest absolute Gasteiger partial charge is 0.494 e. The van der Waals surface area contributed by atoms with Crippen molar-refractivity contribution in [3.05, 3.63) is 59.7 Å². The molecule has 3 rings (SSSR count). The van der Waals surface area contributed by atoms with Gasteiger partial charge in [-0.1, -0.05) is 42.7 Å². The standard InChI is InChI=1S/C21H25NO2/c1-3-24-19-11-9-18(10-12-19)22-20(23)21(13-4-5-14-21)17-8-6-7-16(2)15-17/h6-12,15H,3-5,13-14H2,1-2H3,(H,22,23). The maximum atomic E-state index is 13.1. The van der Waals surface area contributed by atoms with Crippen molar-refractivity contribution < 1.29 is 9.53 Å². The van der Waals surface area contributed by atoms with Gasteiger partial charge in [0.2, 0.25) is 5.91 Å². The summed E-state index contributed by atoms with van der Waals surface area (Å²) in [5.74, 6) is 0.930. The summed E-state index contributed by atoms with van der Waals surface area (Å²) in [5.41, 5.74) is 2.77. The van der Waals surface area contributed by atoms with Crippen LogP contribution in [-0.4, -0.2) is 12.5 Å². The van der Waals surface area contributed by atoms with Gasteiger partial charge in [0.05, 0.1) is 12.0 Å². The molecule has 1 aliphatic carbocycles. The van der Waals surface area contributed by atoms with Crippen LogP contribution in [0.5, 0.6) is 5.75 Å². The van der Waals surface area contributed by atoms with E-state index in [9.17, 15) is 4.79 Å². The third-order valence-corrected chi connectivity index (χ3v) is 4.89. The van der Waals surface area contributed by atoms with E-state index in [-0.39, 0.29) is 5.91 Å². The summed E-state index contributed by atoms with van der Waals surface area (Å²) in [5, 5.41) is 3.12. The lowest BCUT2D eigenvalue weighted by molar-refractivity contribution is -0.121. The summed E-state index contributed by atoms with van der Waals surface area (Å²) in [6.45, 7) is 4.68. The van der Waals surface area contributed by atoms with E-state index >= 15 is 0 Å². The van der Waals surface area contributed by atoms with Gasteiger partial charge in [-0.3, -0.25) is 4.79 Å². The second kappa shape index (κ2) is 7.08. The number of hydrogen-bond donors (Lipinski definition) is 1. The molecule has 3 heteroatoms. The van der Waals surface area contributed by atoms with E-state index in [0.717, 1.165) is 42.7 Å². The molecule has 0 unspecified atom stereocenters. The van der Waals surface area contributed by atoms with Crippen LogP contribution >= 0.6 is 0 Å². The first-order valence-corrected chi connectivity index (χ1v) is 8.75. The zero-order valence-corrected chi connectivity index (χ0v) is 14.5. The zero-order valence-electron chi connectivity index (χ0n) is 14.5. The van der Waals surface area contributed by atoms with Crippen molar-refractivity contribution in [1.29, 1.82) is 0 Å². The molecular formula is C21H25NO2. The molecule has 1 saturated carbocycles. The molecule has 0 saturated heterocycles. The number of aryl methyl sites for hydroxylation is 1. The molecule has 0 spiro atoms. The van der Waals surface area contributed by atoms with Crippen molar-refractivity contribution in [2.24, 2.45) is 0 Å². The first-order valence-electron chi connectivity index (χ1n) is 8.75. The van der Waals surface area contributed by atoms with Crippen molar-refractivity contribution in [3.8, 4) is 5.75 Å². The molecule has 1 fully saturated rings. The van der Waals surface area contributed by atoms with Crippen LogP contribution in [0.3, 0.4) is 0 Å². The molecule has 0 radical (unpaired) electrons. The van der Waals surface area contributed by atoms with Gasteiger partial charge in [0.1, 0.15) is 5.75 Å². The normalized spacial score (nSPS) is 15.9. The van der Waals surface area contributed by atoms with E-state index in [1.807, 2.05) is 31.2 Å². The predicted octanol–water partition coefficient (Wildman–Crippen LogP) is 4.84. The Morgan fingerprint density at radius 3 is 2.46 bits per heavy atom. The molecule has 0 aromatic heterocycles. The molecule has 3 nitrogen and oxygen atoms in total. The van der Waals surface area contributed by atoms with Crippen LogP contribution in [0.4, 0.5) is 5.69 Å². The smallest absolute Gasteiger partial charge is 0.235 e. The number of hydrogen-bond acceptors (Lipinski definition) is 2. The Balaban J connectivity index is 1.82.